The Morgan fingerprint density at radius 3 is 1.93 bits per heavy atom. The number of amides is 1. The summed E-state index contributed by atoms with van der Waals surface area (Å²) in [6.45, 7) is 5.84. The molecule has 1 amide bonds. The van der Waals surface area contributed by atoms with Crippen LogP contribution in [0.4, 0.5) is 0 Å². The van der Waals surface area contributed by atoms with E-state index in [0.29, 0.717) is 17.0 Å². The van der Waals surface area contributed by atoms with Gasteiger partial charge in [0.25, 0.3) is 5.91 Å². The molecule has 0 bridgehead atoms. The van der Waals surface area contributed by atoms with E-state index in [4.69, 9.17) is 4.74 Å². The van der Waals surface area contributed by atoms with Crippen LogP contribution in [0.2, 0.25) is 0 Å². The predicted molar refractivity (Wildman–Crippen MR) is 113 cm³/mol. The third-order valence-electron chi connectivity index (χ3n) is 4.84. The van der Waals surface area contributed by atoms with Crippen molar-refractivity contribution < 1.29 is 19.4 Å². The Hall–Kier alpha value is -2.66. The number of nitrogens with one attached hydrogen (secondary N) is 1. The fourth-order valence-corrected chi connectivity index (χ4v) is 3.22. The summed E-state index contributed by atoms with van der Waals surface area (Å²) in [6, 6.07) is 17.2. The largest absolute Gasteiger partial charge is 0.453 e. The van der Waals surface area contributed by atoms with Crippen LogP contribution in [0.25, 0.3) is 0 Å². The van der Waals surface area contributed by atoms with Gasteiger partial charge in [0.2, 0.25) is 5.60 Å². The lowest BCUT2D eigenvalue weighted by Gasteiger charge is -2.27. The van der Waals surface area contributed by atoms with Crippen LogP contribution in [0.5, 0.6) is 0 Å². The number of esters is 1. The average molecular weight is 398 g/mol. The standard InChI is InChI=1S/C24H31NO4/c1-18(2)11-10-12-19(3)25-22(26)17-29-23(27)24(28,20-13-6-4-7-14-20)21-15-8-5-9-16-21/h4-9,13-16,18-19,28H,10-12,17H2,1-3H3,(H,25,26). The molecule has 0 heterocycles. The van der Waals surface area contributed by atoms with Crippen molar-refractivity contribution in [1.82, 2.24) is 5.32 Å². The van der Waals surface area contributed by atoms with Crippen LogP contribution in [0.15, 0.2) is 60.7 Å². The Bertz CT molecular complexity index is 734. The maximum Gasteiger partial charge on any atom is 0.348 e. The maximum absolute atomic E-state index is 12.9. The van der Waals surface area contributed by atoms with Crippen molar-refractivity contribution in [3.05, 3.63) is 71.8 Å². The monoisotopic (exact) mass is 397 g/mol. The van der Waals surface area contributed by atoms with Gasteiger partial charge in [-0.25, -0.2) is 4.79 Å². The smallest absolute Gasteiger partial charge is 0.348 e. The Morgan fingerprint density at radius 1 is 0.931 bits per heavy atom. The third kappa shape index (κ3) is 6.43. The van der Waals surface area contributed by atoms with E-state index in [0.717, 1.165) is 19.3 Å². The van der Waals surface area contributed by atoms with E-state index in [1.165, 1.54) is 0 Å². The fraction of sp³-hybridized carbons (Fsp3) is 0.417. The van der Waals surface area contributed by atoms with Crippen molar-refractivity contribution in [3.8, 4) is 0 Å². The van der Waals surface area contributed by atoms with Crippen LogP contribution in [0.1, 0.15) is 51.2 Å². The van der Waals surface area contributed by atoms with E-state index in [1.54, 1.807) is 60.7 Å². The molecule has 156 valence electrons. The molecule has 1 atom stereocenters. The van der Waals surface area contributed by atoms with Gasteiger partial charge in [0.1, 0.15) is 0 Å². The number of aliphatic hydroxyl groups is 1. The molecule has 29 heavy (non-hydrogen) atoms. The highest BCUT2D eigenvalue weighted by Gasteiger charge is 2.41. The molecule has 2 aromatic carbocycles. The number of rotatable bonds is 10. The van der Waals surface area contributed by atoms with E-state index >= 15 is 0 Å². The van der Waals surface area contributed by atoms with Crippen LogP contribution >= 0.6 is 0 Å². The van der Waals surface area contributed by atoms with Gasteiger partial charge in [-0.1, -0.05) is 87.4 Å². The topological polar surface area (TPSA) is 75.6 Å². The lowest BCUT2D eigenvalue weighted by Crippen LogP contribution is -2.41. The molecule has 5 heteroatoms. The summed E-state index contributed by atoms with van der Waals surface area (Å²) >= 11 is 0. The number of benzene rings is 2. The average Bonchev–Trinajstić information content (AvgIpc) is 2.72. The second kappa shape index (κ2) is 10.8. The maximum atomic E-state index is 12.9. The van der Waals surface area contributed by atoms with Crippen molar-refractivity contribution in [1.29, 1.82) is 0 Å². The van der Waals surface area contributed by atoms with Gasteiger partial charge in [0.15, 0.2) is 6.61 Å². The number of carbonyl (C=O) groups excluding carboxylic acids is 2. The Morgan fingerprint density at radius 2 is 1.45 bits per heavy atom. The van der Waals surface area contributed by atoms with Crippen LogP contribution < -0.4 is 5.32 Å². The first-order valence-corrected chi connectivity index (χ1v) is 10.1. The summed E-state index contributed by atoms with van der Waals surface area (Å²) in [4.78, 5) is 25.0. The minimum atomic E-state index is -1.98. The highest BCUT2D eigenvalue weighted by Crippen LogP contribution is 2.30. The third-order valence-corrected chi connectivity index (χ3v) is 4.84. The minimum Gasteiger partial charge on any atom is -0.453 e. The van der Waals surface area contributed by atoms with Crippen LogP contribution in [-0.2, 0) is 19.9 Å². The summed E-state index contributed by atoms with van der Waals surface area (Å²) in [7, 11) is 0. The van der Waals surface area contributed by atoms with E-state index in [9.17, 15) is 14.7 Å². The minimum absolute atomic E-state index is 0.00193. The summed E-state index contributed by atoms with van der Waals surface area (Å²) in [5, 5.41) is 14.1. The van der Waals surface area contributed by atoms with Gasteiger partial charge in [0, 0.05) is 6.04 Å². The second-order valence-electron chi connectivity index (χ2n) is 7.81. The van der Waals surface area contributed by atoms with E-state index < -0.39 is 18.2 Å². The highest BCUT2D eigenvalue weighted by molar-refractivity contribution is 5.88. The van der Waals surface area contributed by atoms with Crippen LogP contribution in [-0.4, -0.2) is 29.6 Å². The molecule has 0 radical (unpaired) electrons. The first-order valence-electron chi connectivity index (χ1n) is 10.1. The summed E-state index contributed by atoms with van der Waals surface area (Å²) in [5.74, 6) is -0.621. The van der Waals surface area contributed by atoms with Crippen LogP contribution in [0.3, 0.4) is 0 Å². The zero-order chi connectivity index (χ0) is 21.3. The van der Waals surface area contributed by atoms with Crippen molar-refractivity contribution in [3.63, 3.8) is 0 Å². The normalized spacial score (nSPS) is 12.4. The molecule has 0 aromatic heterocycles. The molecule has 0 aliphatic heterocycles. The van der Waals surface area contributed by atoms with Gasteiger partial charge in [-0.05, 0) is 30.4 Å². The summed E-state index contributed by atoms with van der Waals surface area (Å²) in [5.41, 5.74) is -1.21. The number of ether oxygens (including phenoxy) is 1. The highest BCUT2D eigenvalue weighted by atomic mass is 16.6. The number of hydrogen-bond acceptors (Lipinski definition) is 4. The lowest BCUT2D eigenvalue weighted by atomic mass is 9.86. The van der Waals surface area contributed by atoms with E-state index in [-0.39, 0.29) is 11.9 Å². The molecule has 5 nitrogen and oxygen atoms in total. The molecule has 2 rings (SSSR count). The van der Waals surface area contributed by atoms with Gasteiger partial charge < -0.3 is 15.2 Å². The molecule has 0 aliphatic rings. The van der Waals surface area contributed by atoms with Gasteiger partial charge in [-0.3, -0.25) is 4.79 Å². The van der Waals surface area contributed by atoms with E-state index in [1.807, 2.05) is 6.92 Å². The molecule has 0 saturated carbocycles. The molecule has 2 N–H and O–H groups in total. The first-order chi connectivity index (χ1) is 13.8. The number of carbonyl (C=O) groups is 2. The zero-order valence-corrected chi connectivity index (χ0v) is 17.4. The quantitative estimate of drug-likeness (QED) is 0.598. The fourth-order valence-electron chi connectivity index (χ4n) is 3.22. The molecular formula is C24H31NO4. The SMILES string of the molecule is CC(C)CCCC(C)NC(=O)COC(=O)C(O)(c1ccccc1)c1ccccc1. The molecule has 1 unspecified atom stereocenters. The van der Waals surface area contributed by atoms with Crippen molar-refractivity contribution in [2.75, 3.05) is 6.61 Å². The number of hydrogen-bond donors (Lipinski definition) is 2. The Balaban J connectivity index is 2.01. The second-order valence-corrected chi connectivity index (χ2v) is 7.81. The summed E-state index contributed by atoms with van der Waals surface area (Å²) < 4.78 is 5.22. The molecule has 0 spiro atoms. The van der Waals surface area contributed by atoms with E-state index in [2.05, 4.69) is 19.2 Å². The zero-order valence-electron chi connectivity index (χ0n) is 17.4. The Kier molecular flexibility index (Phi) is 8.40. The van der Waals surface area contributed by atoms with Crippen molar-refractivity contribution in [2.45, 2.75) is 51.7 Å². The van der Waals surface area contributed by atoms with Gasteiger partial charge in [0.05, 0.1) is 0 Å². The Labute approximate surface area is 173 Å². The molecule has 0 saturated heterocycles. The van der Waals surface area contributed by atoms with Crippen molar-refractivity contribution >= 4 is 11.9 Å². The molecule has 2 aromatic rings. The van der Waals surface area contributed by atoms with Gasteiger partial charge >= 0.3 is 5.97 Å². The summed E-state index contributed by atoms with van der Waals surface area (Å²) in [6.07, 6.45) is 3.01. The molecule has 0 aliphatic carbocycles. The van der Waals surface area contributed by atoms with Crippen LogP contribution in [0, 0.1) is 5.92 Å². The predicted octanol–water partition coefficient (Wildman–Crippen LogP) is 3.80. The lowest BCUT2D eigenvalue weighted by molar-refractivity contribution is -0.164. The first kappa shape index (κ1) is 22.6. The van der Waals surface area contributed by atoms with Gasteiger partial charge in [-0.15, -0.1) is 0 Å². The molecule has 0 fully saturated rings. The van der Waals surface area contributed by atoms with Crippen molar-refractivity contribution in [2.24, 2.45) is 5.92 Å². The van der Waals surface area contributed by atoms with Gasteiger partial charge in [-0.2, -0.15) is 0 Å². The molecular weight excluding hydrogens is 366 g/mol.